The summed E-state index contributed by atoms with van der Waals surface area (Å²) in [5.41, 5.74) is 3.42. The van der Waals surface area contributed by atoms with Gasteiger partial charge in [-0.1, -0.05) is 0 Å². The third-order valence-electron chi connectivity index (χ3n) is 8.01. The Morgan fingerprint density at radius 2 is 1.90 bits per heavy atom. The van der Waals surface area contributed by atoms with Crippen molar-refractivity contribution in [2.75, 3.05) is 38.5 Å². The number of carbonyl (C=O) groups excluding carboxylic acids is 2. The highest BCUT2D eigenvalue weighted by molar-refractivity contribution is 6.04. The number of aryl methyl sites for hydroxylation is 2. The van der Waals surface area contributed by atoms with Gasteiger partial charge in [0, 0.05) is 66.9 Å². The SMILES string of the molecule is Cc1cc(C)c(CNC(=O)c2cc(C3CCN(C(=O)C4CCCN(C)C4)CC3)nc(NC(C)C)c2C=N)c(=O)[nH]1. The van der Waals surface area contributed by atoms with Gasteiger partial charge in [-0.25, -0.2) is 4.98 Å². The Balaban J connectivity index is 1.54. The lowest BCUT2D eigenvalue weighted by molar-refractivity contribution is -0.138. The van der Waals surface area contributed by atoms with Gasteiger partial charge in [-0.15, -0.1) is 0 Å². The molecule has 10 heteroatoms. The molecule has 2 aliphatic heterocycles. The molecule has 4 N–H and O–H groups in total. The number of pyridine rings is 2. The Bertz CT molecular complexity index is 1310. The number of amides is 2. The Morgan fingerprint density at radius 1 is 1.18 bits per heavy atom. The van der Waals surface area contributed by atoms with Crippen molar-refractivity contribution in [2.24, 2.45) is 5.92 Å². The van der Waals surface area contributed by atoms with E-state index in [9.17, 15) is 14.4 Å². The van der Waals surface area contributed by atoms with Crippen LogP contribution in [0.15, 0.2) is 16.9 Å². The summed E-state index contributed by atoms with van der Waals surface area (Å²) in [5, 5.41) is 14.3. The zero-order chi connectivity index (χ0) is 29.0. The van der Waals surface area contributed by atoms with Crippen LogP contribution < -0.4 is 16.2 Å². The van der Waals surface area contributed by atoms with Gasteiger partial charge >= 0.3 is 0 Å². The molecule has 0 bridgehead atoms. The van der Waals surface area contributed by atoms with Crippen LogP contribution in [0.4, 0.5) is 5.82 Å². The summed E-state index contributed by atoms with van der Waals surface area (Å²) in [6.45, 7) is 10.9. The van der Waals surface area contributed by atoms with Gasteiger partial charge in [-0.05, 0) is 84.7 Å². The quantitative estimate of drug-likeness (QED) is 0.374. The minimum absolute atomic E-state index is 0.0548. The van der Waals surface area contributed by atoms with Crippen molar-refractivity contribution < 1.29 is 9.59 Å². The number of aromatic amines is 1. The Hall–Kier alpha value is -3.53. The molecule has 2 aromatic heterocycles. The normalized spacial score (nSPS) is 18.6. The van der Waals surface area contributed by atoms with E-state index in [-0.39, 0.29) is 41.8 Å². The Morgan fingerprint density at radius 3 is 2.52 bits per heavy atom. The molecule has 216 valence electrons. The molecule has 0 aliphatic carbocycles. The Kier molecular flexibility index (Phi) is 9.40. The summed E-state index contributed by atoms with van der Waals surface area (Å²) in [6.07, 6.45) is 4.70. The molecule has 1 unspecified atom stereocenters. The van der Waals surface area contributed by atoms with E-state index in [1.54, 1.807) is 6.07 Å². The number of piperidine rings is 2. The predicted molar refractivity (Wildman–Crippen MR) is 157 cm³/mol. The summed E-state index contributed by atoms with van der Waals surface area (Å²) in [6, 6.07) is 3.72. The molecule has 4 rings (SSSR count). The summed E-state index contributed by atoms with van der Waals surface area (Å²) in [4.78, 5) is 51.0. The number of hydrogen-bond acceptors (Lipinski definition) is 7. The lowest BCUT2D eigenvalue weighted by atomic mass is 9.89. The van der Waals surface area contributed by atoms with Gasteiger partial charge < -0.3 is 30.8 Å². The van der Waals surface area contributed by atoms with E-state index in [4.69, 9.17) is 10.4 Å². The Labute approximate surface area is 236 Å². The maximum Gasteiger partial charge on any atom is 0.253 e. The molecule has 2 aliphatic rings. The summed E-state index contributed by atoms with van der Waals surface area (Å²) < 4.78 is 0. The summed E-state index contributed by atoms with van der Waals surface area (Å²) >= 11 is 0. The van der Waals surface area contributed by atoms with Crippen LogP contribution in [0.1, 0.15) is 83.9 Å². The minimum Gasteiger partial charge on any atom is -0.367 e. The molecule has 2 amide bonds. The molecule has 40 heavy (non-hydrogen) atoms. The third-order valence-corrected chi connectivity index (χ3v) is 8.01. The third kappa shape index (κ3) is 6.78. The molecule has 0 radical (unpaired) electrons. The van der Waals surface area contributed by atoms with Crippen LogP contribution in [0, 0.1) is 25.2 Å². The fourth-order valence-corrected chi connectivity index (χ4v) is 5.89. The maximum atomic E-state index is 13.5. The number of carbonyl (C=O) groups is 2. The molecule has 10 nitrogen and oxygen atoms in total. The van der Waals surface area contributed by atoms with Crippen LogP contribution in [-0.4, -0.2) is 77.1 Å². The second-order valence-electron chi connectivity index (χ2n) is 11.6. The first-order valence-electron chi connectivity index (χ1n) is 14.3. The highest BCUT2D eigenvalue weighted by Gasteiger charge is 2.32. The van der Waals surface area contributed by atoms with Crippen LogP contribution in [0.3, 0.4) is 0 Å². The number of likely N-dealkylation sites (tertiary alicyclic amines) is 2. The van der Waals surface area contributed by atoms with E-state index in [0.29, 0.717) is 35.6 Å². The van der Waals surface area contributed by atoms with Crippen molar-refractivity contribution in [3.63, 3.8) is 0 Å². The zero-order valence-electron chi connectivity index (χ0n) is 24.4. The first-order valence-corrected chi connectivity index (χ1v) is 14.3. The largest absolute Gasteiger partial charge is 0.367 e. The van der Waals surface area contributed by atoms with Crippen LogP contribution in [0.5, 0.6) is 0 Å². The zero-order valence-corrected chi connectivity index (χ0v) is 24.4. The molecule has 0 aromatic carbocycles. The first-order chi connectivity index (χ1) is 19.1. The number of hydrogen-bond donors (Lipinski definition) is 4. The van der Waals surface area contributed by atoms with E-state index < -0.39 is 0 Å². The molecule has 4 heterocycles. The smallest absolute Gasteiger partial charge is 0.253 e. The van der Waals surface area contributed by atoms with E-state index in [1.807, 2.05) is 38.7 Å². The standard InChI is InChI=1S/C30H43N7O3/c1-18(2)33-27-24(15-31)23(28(38)32-16-25-19(3)13-20(4)34-29(25)39)14-26(35-27)21-8-11-37(12-9-21)30(40)22-7-6-10-36(5)17-22/h13-15,18,21-22,31H,6-12,16-17H2,1-5H3,(H,32,38)(H,33,35)(H,34,39). The molecular weight excluding hydrogens is 506 g/mol. The van der Waals surface area contributed by atoms with Gasteiger partial charge in [0.1, 0.15) is 5.82 Å². The van der Waals surface area contributed by atoms with Gasteiger partial charge in [0.25, 0.3) is 11.5 Å². The van der Waals surface area contributed by atoms with Crippen molar-refractivity contribution >= 4 is 23.8 Å². The molecule has 2 saturated heterocycles. The number of nitrogens with zero attached hydrogens (tertiary/aromatic N) is 3. The van der Waals surface area contributed by atoms with E-state index in [0.717, 1.165) is 61.9 Å². The van der Waals surface area contributed by atoms with Crippen LogP contribution in [0.2, 0.25) is 0 Å². The van der Waals surface area contributed by atoms with Crippen molar-refractivity contribution in [3.05, 3.63) is 56.1 Å². The van der Waals surface area contributed by atoms with Crippen LogP contribution in [-0.2, 0) is 11.3 Å². The highest BCUT2D eigenvalue weighted by Crippen LogP contribution is 2.31. The monoisotopic (exact) mass is 549 g/mol. The topological polar surface area (TPSA) is 134 Å². The van der Waals surface area contributed by atoms with E-state index >= 15 is 0 Å². The molecular formula is C30H43N7O3. The van der Waals surface area contributed by atoms with Crippen molar-refractivity contribution in [1.29, 1.82) is 5.41 Å². The fraction of sp³-hybridized carbons (Fsp3) is 0.567. The van der Waals surface area contributed by atoms with Gasteiger partial charge in [-0.2, -0.15) is 0 Å². The first kappa shape index (κ1) is 29.5. The van der Waals surface area contributed by atoms with Gasteiger partial charge in [0.15, 0.2) is 0 Å². The highest BCUT2D eigenvalue weighted by atomic mass is 16.2. The van der Waals surface area contributed by atoms with Crippen molar-refractivity contribution in [1.82, 2.24) is 25.1 Å². The van der Waals surface area contributed by atoms with E-state index in [2.05, 4.69) is 27.6 Å². The average molecular weight is 550 g/mol. The number of H-pyrrole nitrogens is 1. The number of aromatic nitrogens is 2. The van der Waals surface area contributed by atoms with E-state index in [1.165, 1.54) is 0 Å². The molecule has 0 saturated carbocycles. The van der Waals surface area contributed by atoms with Gasteiger partial charge in [0.2, 0.25) is 5.91 Å². The maximum absolute atomic E-state index is 13.5. The van der Waals surface area contributed by atoms with Crippen molar-refractivity contribution in [3.8, 4) is 0 Å². The van der Waals surface area contributed by atoms with Crippen molar-refractivity contribution in [2.45, 2.75) is 71.9 Å². The molecule has 2 fully saturated rings. The van der Waals surface area contributed by atoms with Gasteiger partial charge in [0.05, 0.1) is 11.5 Å². The summed E-state index contributed by atoms with van der Waals surface area (Å²) in [5.74, 6) is 0.560. The van der Waals surface area contributed by atoms with Crippen LogP contribution >= 0.6 is 0 Å². The molecule has 1 atom stereocenters. The fourth-order valence-electron chi connectivity index (χ4n) is 5.89. The summed E-state index contributed by atoms with van der Waals surface area (Å²) in [7, 11) is 2.08. The minimum atomic E-state index is -0.359. The second kappa shape index (κ2) is 12.8. The predicted octanol–water partition coefficient (Wildman–Crippen LogP) is 3.18. The average Bonchev–Trinajstić information content (AvgIpc) is 2.91. The lowest BCUT2D eigenvalue weighted by Crippen LogP contribution is -2.46. The lowest BCUT2D eigenvalue weighted by Gasteiger charge is -2.37. The molecule has 0 spiro atoms. The van der Waals surface area contributed by atoms with Gasteiger partial charge in [-0.3, -0.25) is 14.4 Å². The second-order valence-corrected chi connectivity index (χ2v) is 11.6. The molecule has 2 aromatic rings. The number of nitrogens with one attached hydrogen (secondary N) is 4. The number of rotatable bonds is 8. The number of anilines is 1. The van der Waals surface area contributed by atoms with Crippen LogP contribution in [0.25, 0.3) is 0 Å².